The smallest absolute Gasteiger partial charge is 0.254 e. The molecule has 0 radical (unpaired) electrons. The fourth-order valence-electron chi connectivity index (χ4n) is 3.12. The lowest BCUT2D eigenvalue weighted by Gasteiger charge is -2.22. The summed E-state index contributed by atoms with van der Waals surface area (Å²) in [6, 6.07) is 9.87. The maximum Gasteiger partial charge on any atom is 0.254 e. The van der Waals surface area contributed by atoms with Gasteiger partial charge in [-0.05, 0) is 57.3 Å². The van der Waals surface area contributed by atoms with Crippen LogP contribution in [0.1, 0.15) is 35.3 Å². The molecule has 1 amide bonds. The molecular formula is C18H24N4O. The van der Waals surface area contributed by atoms with Crippen molar-refractivity contribution in [1.82, 2.24) is 20.4 Å². The number of rotatable bonds is 5. The third kappa shape index (κ3) is 3.79. The quantitative estimate of drug-likeness (QED) is 0.890. The van der Waals surface area contributed by atoms with E-state index < -0.39 is 0 Å². The monoisotopic (exact) mass is 312 g/mol. The van der Waals surface area contributed by atoms with Gasteiger partial charge in [-0.25, -0.2) is 4.68 Å². The van der Waals surface area contributed by atoms with Crippen molar-refractivity contribution in [2.75, 3.05) is 19.6 Å². The van der Waals surface area contributed by atoms with Gasteiger partial charge in [0, 0.05) is 6.54 Å². The highest BCUT2D eigenvalue weighted by Gasteiger charge is 2.16. The number of hydrogen-bond acceptors (Lipinski definition) is 3. The van der Waals surface area contributed by atoms with Crippen molar-refractivity contribution in [3.8, 4) is 5.69 Å². The molecule has 1 atom stereocenters. The molecule has 0 bridgehead atoms. The molecule has 0 saturated carbocycles. The zero-order valence-electron chi connectivity index (χ0n) is 13.6. The summed E-state index contributed by atoms with van der Waals surface area (Å²) >= 11 is 0. The molecule has 122 valence electrons. The van der Waals surface area contributed by atoms with Gasteiger partial charge in [-0.2, -0.15) is 5.10 Å². The summed E-state index contributed by atoms with van der Waals surface area (Å²) < 4.78 is 1.81. The number of benzene rings is 1. The maximum atomic E-state index is 12.4. The fraction of sp³-hybridized carbons (Fsp3) is 0.444. The van der Waals surface area contributed by atoms with Crippen molar-refractivity contribution in [3.63, 3.8) is 0 Å². The predicted octanol–water partition coefficient (Wildman–Crippen LogP) is 2.30. The van der Waals surface area contributed by atoms with Gasteiger partial charge in [0.05, 0.1) is 23.1 Å². The van der Waals surface area contributed by atoms with Crippen molar-refractivity contribution >= 4 is 5.91 Å². The summed E-state index contributed by atoms with van der Waals surface area (Å²) in [6.07, 6.45) is 5.18. The predicted molar refractivity (Wildman–Crippen MR) is 90.8 cm³/mol. The van der Waals surface area contributed by atoms with Crippen molar-refractivity contribution < 1.29 is 4.79 Å². The lowest BCUT2D eigenvalue weighted by molar-refractivity contribution is 0.0950. The number of nitrogens with zero attached hydrogens (tertiary/aromatic N) is 2. The zero-order chi connectivity index (χ0) is 16.1. The lowest BCUT2D eigenvalue weighted by Crippen LogP contribution is -2.33. The lowest BCUT2D eigenvalue weighted by atomic mass is 9.96. The van der Waals surface area contributed by atoms with Crippen LogP contribution in [-0.2, 0) is 0 Å². The van der Waals surface area contributed by atoms with E-state index in [9.17, 15) is 4.79 Å². The van der Waals surface area contributed by atoms with Crippen LogP contribution in [0.15, 0.2) is 36.5 Å². The van der Waals surface area contributed by atoms with E-state index in [2.05, 4.69) is 15.7 Å². The highest BCUT2D eigenvalue weighted by atomic mass is 16.1. The maximum absolute atomic E-state index is 12.4. The first kappa shape index (κ1) is 15.7. The van der Waals surface area contributed by atoms with Gasteiger partial charge < -0.3 is 10.6 Å². The highest BCUT2D eigenvalue weighted by molar-refractivity contribution is 5.95. The number of carbonyl (C=O) groups is 1. The number of para-hydroxylation sites is 1. The molecule has 5 nitrogen and oxygen atoms in total. The number of nitrogens with one attached hydrogen (secondary N) is 2. The third-order valence-electron chi connectivity index (χ3n) is 4.49. The molecule has 1 aliphatic heterocycles. The number of aromatic nitrogens is 2. The van der Waals surface area contributed by atoms with Gasteiger partial charge in [-0.3, -0.25) is 4.79 Å². The van der Waals surface area contributed by atoms with Gasteiger partial charge in [-0.1, -0.05) is 18.2 Å². The molecule has 2 N–H and O–H groups in total. The minimum atomic E-state index is -0.0338. The average molecular weight is 312 g/mol. The van der Waals surface area contributed by atoms with E-state index >= 15 is 0 Å². The Labute approximate surface area is 137 Å². The molecule has 1 aromatic carbocycles. The Morgan fingerprint density at radius 2 is 2.22 bits per heavy atom. The molecule has 1 saturated heterocycles. The normalized spacial score (nSPS) is 17.9. The van der Waals surface area contributed by atoms with Crippen molar-refractivity contribution in [3.05, 3.63) is 47.8 Å². The van der Waals surface area contributed by atoms with Crippen LogP contribution in [0.5, 0.6) is 0 Å². The van der Waals surface area contributed by atoms with E-state index in [1.807, 2.05) is 37.3 Å². The van der Waals surface area contributed by atoms with Crippen molar-refractivity contribution in [1.29, 1.82) is 0 Å². The van der Waals surface area contributed by atoms with Gasteiger partial charge in [0.25, 0.3) is 5.91 Å². The molecule has 1 aliphatic rings. The molecule has 0 spiro atoms. The summed E-state index contributed by atoms with van der Waals surface area (Å²) in [6.45, 7) is 4.85. The second-order valence-electron chi connectivity index (χ2n) is 6.15. The minimum absolute atomic E-state index is 0.0338. The first-order chi connectivity index (χ1) is 11.3. The van der Waals surface area contributed by atoms with Crippen molar-refractivity contribution in [2.24, 2.45) is 5.92 Å². The number of carbonyl (C=O) groups excluding carboxylic acids is 1. The van der Waals surface area contributed by atoms with Gasteiger partial charge in [0.2, 0.25) is 0 Å². The number of amides is 1. The molecule has 2 aromatic rings. The van der Waals surface area contributed by atoms with E-state index in [1.165, 1.54) is 12.8 Å². The average Bonchev–Trinajstić information content (AvgIpc) is 2.98. The van der Waals surface area contributed by atoms with Crippen LogP contribution >= 0.6 is 0 Å². The Morgan fingerprint density at radius 3 is 2.96 bits per heavy atom. The number of piperidine rings is 1. The molecule has 2 heterocycles. The van der Waals surface area contributed by atoms with E-state index in [4.69, 9.17) is 0 Å². The summed E-state index contributed by atoms with van der Waals surface area (Å²) in [5.41, 5.74) is 2.49. The van der Waals surface area contributed by atoms with Crippen molar-refractivity contribution in [2.45, 2.75) is 26.2 Å². The standard InChI is InChI=1S/C18H24N4O/c1-14-17(13-21-22(14)16-7-3-2-4-8-16)18(23)20-11-9-15-6-5-10-19-12-15/h2-4,7-8,13,15,19H,5-6,9-12H2,1H3,(H,20,23). The Balaban J connectivity index is 1.58. The van der Waals surface area contributed by atoms with Crippen LogP contribution < -0.4 is 10.6 Å². The molecule has 5 heteroatoms. The van der Waals surface area contributed by atoms with Crippen LogP contribution in [0.2, 0.25) is 0 Å². The summed E-state index contributed by atoms with van der Waals surface area (Å²) in [5.74, 6) is 0.644. The first-order valence-corrected chi connectivity index (χ1v) is 8.34. The largest absolute Gasteiger partial charge is 0.352 e. The highest BCUT2D eigenvalue weighted by Crippen LogP contribution is 2.15. The molecule has 1 aromatic heterocycles. The first-order valence-electron chi connectivity index (χ1n) is 8.34. The molecule has 1 fully saturated rings. The Kier molecular flexibility index (Phi) is 5.08. The number of hydrogen-bond donors (Lipinski definition) is 2. The molecule has 23 heavy (non-hydrogen) atoms. The zero-order valence-corrected chi connectivity index (χ0v) is 13.6. The Morgan fingerprint density at radius 1 is 1.39 bits per heavy atom. The molecule has 0 aliphatic carbocycles. The van der Waals surface area contributed by atoms with Gasteiger partial charge in [-0.15, -0.1) is 0 Å². The topological polar surface area (TPSA) is 59.0 Å². The molecule has 1 unspecified atom stereocenters. The van der Waals surface area contributed by atoms with Gasteiger partial charge in [0.1, 0.15) is 0 Å². The van der Waals surface area contributed by atoms with Crippen LogP contribution in [0.3, 0.4) is 0 Å². The second-order valence-corrected chi connectivity index (χ2v) is 6.15. The minimum Gasteiger partial charge on any atom is -0.352 e. The molecule has 3 rings (SSSR count). The van der Waals surface area contributed by atoms with E-state index in [0.29, 0.717) is 11.5 Å². The summed E-state index contributed by atoms with van der Waals surface area (Å²) in [5, 5.41) is 10.8. The van der Waals surface area contributed by atoms with Crippen LogP contribution in [0.4, 0.5) is 0 Å². The Hall–Kier alpha value is -2.14. The van der Waals surface area contributed by atoms with Gasteiger partial charge in [0.15, 0.2) is 0 Å². The van der Waals surface area contributed by atoms with Gasteiger partial charge >= 0.3 is 0 Å². The second kappa shape index (κ2) is 7.42. The summed E-state index contributed by atoms with van der Waals surface area (Å²) in [7, 11) is 0. The van der Waals surface area contributed by atoms with E-state index in [1.54, 1.807) is 10.9 Å². The third-order valence-corrected chi connectivity index (χ3v) is 4.49. The fourth-order valence-corrected chi connectivity index (χ4v) is 3.12. The van der Waals surface area contributed by atoms with Crippen LogP contribution in [-0.4, -0.2) is 35.3 Å². The Bertz CT molecular complexity index is 644. The summed E-state index contributed by atoms with van der Waals surface area (Å²) in [4.78, 5) is 12.4. The van der Waals surface area contributed by atoms with E-state index in [-0.39, 0.29) is 5.91 Å². The SMILES string of the molecule is Cc1c(C(=O)NCCC2CCCNC2)cnn1-c1ccccc1. The van der Waals surface area contributed by atoms with E-state index in [0.717, 1.165) is 37.4 Å². The van der Waals surface area contributed by atoms with Crippen LogP contribution in [0.25, 0.3) is 5.69 Å². The molecular weight excluding hydrogens is 288 g/mol. The van der Waals surface area contributed by atoms with Crippen LogP contribution in [0, 0.1) is 12.8 Å².